The number of hydrogen-bond donors (Lipinski definition) is 3. The van der Waals surface area contributed by atoms with Crippen molar-refractivity contribution in [2.75, 3.05) is 26.0 Å². The Labute approximate surface area is 163 Å². The monoisotopic (exact) mass is 404 g/mol. The first-order valence-corrected chi connectivity index (χ1v) is 9.37. The molecule has 0 saturated carbocycles. The van der Waals surface area contributed by atoms with Gasteiger partial charge in [-0.1, -0.05) is 29.3 Å². The fourth-order valence-corrected chi connectivity index (χ4v) is 4.04. The van der Waals surface area contributed by atoms with Gasteiger partial charge in [-0.25, -0.2) is 0 Å². The van der Waals surface area contributed by atoms with E-state index in [-0.39, 0.29) is 18.0 Å². The fraction of sp³-hybridized carbons (Fsp3) is 0.529. The number of methoxy groups -OCH3 is 1. The van der Waals surface area contributed by atoms with Crippen molar-refractivity contribution in [2.24, 2.45) is 17.1 Å². The van der Waals surface area contributed by atoms with Gasteiger partial charge in [-0.2, -0.15) is 12.6 Å². The lowest BCUT2D eigenvalue weighted by molar-refractivity contribution is -0.161. The van der Waals surface area contributed by atoms with E-state index in [2.05, 4.69) is 17.9 Å². The molecule has 2 unspecified atom stereocenters. The fourth-order valence-electron chi connectivity index (χ4n) is 3.38. The van der Waals surface area contributed by atoms with Crippen molar-refractivity contribution in [3.05, 3.63) is 33.8 Å². The molecule has 1 aromatic rings. The second kappa shape index (κ2) is 8.73. The minimum Gasteiger partial charge on any atom is -0.469 e. The standard InChI is InChI=1S/C17H22Cl2N2O3S/c1-24-16(23)17(7-10-2-3-11(18)6-13(10)19)4-5-21-8-12(17)15(22)14(20)9-25/h2-3,6,12,14,21,25H,4-5,7-9,20H2,1H3/t12?,14-,17?/m0/s1. The number of nitrogens with one attached hydrogen (secondary N) is 1. The number of benzene rings is 1. The van der Waals surface area contributed by atoms with Crippen molar-refractivity contribution in [1.82, 2.24) is 5.32 Å². The van der Waals surface area contributed by atoms with E-state index in [1.54, 1.807) is 18.2 Å². The molecule has 0 aromatic heterocycles. The van der Waals surface area contributed by atoms with E-state index in [1.165, 1.54) is 7.11 Å². The quantitative estimate of drug-likeness (QED) is 0.499. The van der Waals surface area contributed by atoms with Gasteiger partial charge in [0.2, 0.25) is 0 Å². The number of ether oxygens (including phenoxy) is 1. The van der Waals surface area contributed by atoms with E-state index in [0.717, 1.165) is 5.56 Å². The maximum Gasteiger partial charge on any atom is 0.312 e. The molecule has 1 heterocycles. The lowest BCUT2D eigenvalue weighted by Gasteiger charge is -2.42. The van der Waals surface area contributed by atoms with Crippen LogP contribution in [-0.4, -0.2) is 43.7 Å². The SMILES string of the molecule is COC(=O)C1(Cc2ccc(Cl)cc2Cl)CCNCC1C(=O)[C@@H](N)CS. The molecule has 1 aliphatic rings. The summed E-state index contributed by atoms with van der Waals surface area (Å²) in [5.74, 6) is -1.01. The highest BCUT2D eigenvalue weighted by atomic mass is 35.5. The van der Waals surface area contributed by atoms with Crippen LogP contribution < -0.4 is 11.1 Å². The number of piperidine rings is 1. The van der Waals surface area contributed by atoms with Crippen LogP contribution in [0.2, 0.25) is 10.0 Å². The van der Waals surface area contributed by atoms with Gasteiger partial charge in [0, 0.05) is 28.3 Å². The third-order valence-corrected chi connectivity index (χ3v) is 5.76. The van der Waals surface area contributed by atoms with E-state index in [0.29, 0.717) is 29.6 Å². The summed E-state index contributed by atoms with van der Waals surface area (Å²) >= 11 is 16.4. The highest BCUT2D eigenvalue weighted by Crippen LogP contribution is 2.41. The van der Waals surface area contributed by atoms with Crippen LogP contribution >= 0.6 is 35.8 Å². The van der Waals surface area contributed by atoms with Crippen LogP contribution in [0.3, 0.4) is 0 Å². The predicted octanol–water partition coefficient (Wildman–Crippen LogP) is 2.13. The molecule has 1 saturated heterocycles. The number of nitrogens with two attached hydrogens (primary N) is 1. The predicted molar refractivity (Wildman–Crippen MR) is 102 cm³/mol. The lowest BCUT2D eigenvalue weighted by Crippen LogP contribution is -2.57. The molecule has 0 bridgehead atoms. The highest BCUT2D eigenvalue weighted by Gasteiger charge is 2.52. The number of Topliss-reactive ketones (excluding diaryl/α,β-unsaturated/α-hetero) is 1. The van der Waals surface area contributed by atoms with E-state index in [1.807, 2.05) is 0 Å². The van der Waals surface area contributed by atoms with Crippen LogP contribution in [0, 0.1) is 11.3 Å². The van der Waals surface area contributed by atoms with Crippen LogP contribution in [0.4, 0.5) is 0 Å². The van der Waals surface area contributed by atoms with Crippen molar-refractivity contribution in [1.29, 1.82) is 0 Å². The normalized spacial score (nSPS) is 24.6. The van der Waals surface area contributed by atoms with Gasteiger partial charge >= 0.3 is 5.97 Å². The minimum absolute atomic E-state index is 0.197. The third kappa shape index (κ3) is 4.31. The van der Waals surface area contributed by atoms with Crippen LogP contribution in [0.5, 0.6) is 0 Å². The molecule has 1 aromatic carbocycles. The smallest absolute Gasteiger partial charge is 0.312 e. The van der Waals surface area contributed by atoms with E-state index in [9.17, 15) is 9.59 Å². The van der Waals surface area contributed by atoms with Crippen LogP contribution in [-0.2, 0) is 20.7 Å². The van der Waals surface area contributed by atoms with Gasteiger partial charge in [0.15, 0.2) is 5.78 Å². The lowest BCUT2D eigenvalue weighted by atomic mass is 9.64. The summed E-state index contributed by atoms with van der Waals surface area (Å²) < 4.78 is 5.07. The summed E-state index contributed by atoms with van der Waals surface area (Å²) in [6, 6.07) is 4.38. The van der Waals surface area contributed by atoms with Crippen LogP contribution in [0.15, 0.2) is 18.2 Å². The number of hydrogen-bond acceptors (Lipinski definition) is 6. The molecule has 2 rings (SSSR count). The topological polar surface area (TPSA) is 81.4 Å². The van der Waals surface area contributed by atoms with Crippen molar-refractivity contribution in [2.45, 2.75) is 18.9 Å². The summed E-state index contributed by atoms with van der Waals surface area (Å²) in [6.45, 7) is 0.959. The Morgan fingerprint density at radius 3 is 2.80 bits per heavy atom. The molecule has 3 N–H and O–H groups in total. The van der Waals surface area contributed by atoms with E-state index < -0.39 is 23.3 Å². The summed E-state index contributed by atoms with van der Waals surface area (Å²) in [4.78, 5) is 25.6. The summed E-state index contributed by atoms with van der Waals surface area (Å²) in [7, 11) is 1.33. The number of esters is 1. The van der Waals surface area contributed by atoms with Crippen LogP contribution in [0.1, 0.15) is 12.0 Å². The zero-order chi connectivity index (χ0) is 18.6. The van der Waals surface area contributed by atoms with Gasteiger partial charge in [0.05, 0.1) is 18.6 Å². The van der Waals surface area contributed by atoms with Gasteiger partial charge in [0.25, 0.3) is 0 Å². The molecule has 0 spiro atoms. The average molecular weight is 405 g/mol. The molecule has 3 atom stereocenters. The van der Waals surface area contributed by atoms with Crippen LogP contribution in [0.25, 0.3) is 0 Å². The molecule has 25 heavy (non-hydrogen) atoms. The third-order valence-electron chi connectivity index (χ3n) is 4.78. The number of carbonyl (C=O) groups excluding carboxylic acids is 2. The zero-order valence-corrected chi connectivity index (χ0v) is 16.3. The number of halogens is 2. The molecule has 5 nitrogen and oxygen atoms in total. The molecule has 1 fully saturated rings. The Bertz CT molecular complexity index is 659. The Kier molecular flexibility index (Phi) is 7.17. The second-order valence-electron chi connectivity index (χ2n) is 6.26. The molecular weight excluding hydrogens is 383 g/mol. The Balaban J connectivity index is 2.46. The first-order chi connectivity index (χ1) is 11.9. The van der Waals surface area contributed by atoms with E-state index in [4.69, 9.17) is 33.7 Å². The van der Waals surface area contributed by atoms with Crippen molar-refractivity contribution < 1.29 is 14.3 Å². The van der Waals surface area contributed by atoms with Crippen molar-refractivity contribution in [3.63, 3.8) is 0 Å². The van der Waals surface area contributed by atoms with Gasteiger partial charge in [-0.05, 0) is 37.1 Å². The number of thiol groups is 1. The van der Waals surface area contributed by atoms with Crippen molar-refractivity contribution >= 4 is 47.6 Å². The first-order valence-electron chi connectivity index (χ1n) is 7.99. The molecule has 0 radical (unpaired) electrons. The number of ketones is 1. The average Bonchev–Trinajstić information content (AvgIpc) is 2.62. The highest BCUT2D eigenvalue weighted by molar-refractivity contribution is 7.80. The molecule has 0 amide bonds. The van der Waals surface area contributed by atoms with Gasteiger partial charge in [-0.3, -0.25) is 9.59 Å². The summed E-state index contributed by atoms with van der Waals surface area (Å²) in [5, 5.41) is 4.14. The maximum atomic E-state index is 12.8. The maximum absolute atomic E-state index is 12.8. The van der Waals surface area contributed by atoms with Gasteiger partial charge in [0.1, 0.15) is 0 Å². The molecule has 0 aliphatic carbocycles. The minimum atomic E-state index is -1.02. The number of carbonyl (C=O) groups is 2. The molecule has 138 valence electrons. The Morgan fingerprint density at radius 1 is 1.48 bits per heavy atom. The molecule has 1 aliphatic heterocycles. The second-order valence-corrected chi connectivity index (χ2v) is 7.47. The van der Waals surface area contributed by atoms with Gasteiger partial charge in [-0.15, -0.1) is 0 Å². The Morgan fingerprint density at radius 2 is 2.20 bits per heavy atom. The molecular formula is C17H22Cl2N2O3S. The summed E-state index contributed by atoms with van der Waals surface area (Å²) in [5.41, 5.74) is 5.63. The van der Waals surface area contributed by atoms with E-state index >= 15 is 0 Å². The first kappa shape index (κ1) is 20.5. The van der Waals surface area contributed by atoms with Crippen molar-refractivity contribution in [3.8, 4) is 0 Å². The Hall–Kier alpha value is -0.790. The molecule has 8 heteroatoms. The summed E-state index contributed by atoms with van der Waals surface area (Å²) in [6.07, 6.45) is 0.737. The number of rotatable bonds is 6. The van der Waals surface area contributed by atoms with Gasteiger partial charge < -0.3 is 15.8 Å². The zero-order valence-electron chi connectivity index (χ0n) is 13.9. The largest absolute Gasteiger partial charge is 0.469 e.